The normalized spacial score (nSPS) is 18.7. The number of carbonyl (C=O) groups excluding carboxylic acids is 2. The summed E-state index contributed by atoms with van der Waals surface area (Å²) in [6.07, 6.45) is 2.17. The molecule has 1 aliphatic heterocycles. The number of fused-ring (bicyclic) bond motifs is 1. The topological polar surface area (TPSA) is 37.4 Å². The molecule has 4 heteroatoms. The van der Waals surface area contributed by atoms with Crippen LogP contribution in [0.5, 0.6) is 0 Å². The number of unbranched alkanes of at least 4 members (excludes halogenated alkanes) is 1. The maximum absolute atomic E-state index is 12.1. The third-order valence-corrected chi connectivity index (χ3v) is 3.56. The van der Waals surface area contributed by atoms with Crippen molar-refractivity contribution in [3.05, 3.63) is 29.8 Å². The van der Waals surface area contributed by atoms with Gasteiger partial charge in [-0.3, -0.25) is 9.59 Å². The van der Waals surface area contributed by atoms with Crippen molar-refractivity contribution in [1.82, 2.24) is 0 Å². The second-order valence-electron chi connectivity index (χ2n) is 4.52. The molecule has 2 rings (SSSR count). The van der Waals surface area contributed by atoms with E-state index < -0.39 is 11.2 Å². The Morgan fingerprint density at radius 2 is 2.17 bits per heavy atom. The van der Waals surface area contributed by atoms with E-state index in [-0.39, 0.29) is 12.3 Å². The molecule has 0 bridgehead atoms. The van der Waals surface area contributed by atoms with Gasteiger partial charge in [-0.05, 0) is 29.7 Å². The number of halogens is 1. The Morgan fingerprint density at radius 3 is 2.83 bits per heavy atom. The van der Waals surface area contributed by atoms with E-state index in [0.29, 0.717) is 6.54 Å². The summed E-state index contributed by atoms with van der Waals surface area (Å²) in [7, 11) is 0. The number of amides is 1. The molecule has 0 saturated heterocycles. The lowest BCUT2D eigenvalue weighted by Gasteiger charge is -2.32. The number of anilines is 1. The summed E-state index contributed by atoms with van der Waals surface area (Å²) in [5, 5.41) is -0.453. The van der Waals surface area contributed by atoms with Gasteiger partial charge < -0.3 is 4.90 Å². The Bertz CT molecular complexity index is 473. The second-order valence-corrected chi connectivity index (χ2v) is 4.89. The molecule has 96 valence electrons. The lowest BCUT2D eigenvalue weighted by atomic mass is 9.90. The van der Waals surface area contributed by atoms with Gasteiger partial charge in [0.15, 0.2) is 0 Å². The van der Waals surface area contributed by atoms with Crippen molar-refractivity contribution in [2.24, 2.45) is 0 Å². The molecule has 0 saturated carbocycles. The largest absolute Gasteiger partial charge is 0.312 e. The zero-order chi connectivity index (χ0) is 13.1. The zero-order valence-corrected chi connectivity index (χ0v) is 11.1. The predicted molar refractivity (Wildman–Crippen MR) is 71.9 cm³/mol. The smallest absolute Gasteiger partial charge is 0.229 e. The fourth-order valence-electron chi connectivity index (χ4n) is 2.32. The van der Waals surface area contributed by atoms with Crippen LogP contribution in [0.3, 0.4) is 0 Å². The van der Waals surface area contributed by atoms with Gasteiger partial charge in [0, 0.05) is 18.7 Å². The van der Waals surface area contributed by atoms with Crippen LogP contribution in [-0.2, 0) is 9.59 Å². The van der Waals surface area contributed by atoms with Crippen LogP contribution in [0, 0.1) is 0 Å². The molecule has 0 radical (unpaired) electrons. The Hall–Kier alpha value is -1.35. The maximum atomic E-state index is 12.1. The lowest BCUT2D eigenvalue weighted by molar-refractivity contribution is -0.122. The SMILES string of the molecule is CCCCN1C(=O)CC(C(=O)Cl)c2ccccc21. The molecular formula is C14H16ClNO2. The molecule has 1 aromatic carbocycles. The van der Waals surface area contributed by atoms with Crippen molar-refractivity contribution in [2.45, 2.75) is 32.1 Å². The van der Waals surface area contributed by atoms with Crippen LogP contribution in [0.4, 0.5) is 5.69 Å². The number of nitrogens with zero attached hydrogens (tertiary/aromatic N) is 1. The molecule has 0 aliphatic carbocycles. The molecule has 1 atom stereocenters. The summed E-state index contributed by atoms with van der Waals surface area (Å²) in [6.45, 7) is 2.79. The second kappa shape index (κ2) is 5.53. The Kier molecular flexibility index (Phi) is 4.02. The van der Waals surface area contributed by atoms with Crippen molar-refractivity contribution in [2.75, 3.05) is 11.4 Å². The van der Waals surface area contributed by atoms with Gasteiger partial charge in [0.1, 0.15) is 0 Å². The summed E-state index contributed by atoms with van der Waals surface area (Å²) in [5.74, 6) is -0.505. The molecule has 0 N–H and O–H groups in total. The predicted octanol–water partition coefficient (Wildman–Crippen LogP) is 3.07. The van der Waals surface area contributed by atoms with Gasteiger partial charge >= 0.3 is 0 Å². The van der Waals surface area contributed by atoms with Crippen molar-refractivity contribution >= 4 is 28.4 Å². The van der Waals surface area contributed by atoms with Gasteiger partial charge in [-0.15, -0.1) is 0 Å². The van der Waals surface area contributed by atoms with Crippen LogP contribution in [0.1, 0.15) is 37.7 Å². The van der Waals surface area contributed by atoms with Crippen molar-refractivity contribution in [3.8, 4) is 0 Å². The quantitative estimate of drug-likeness (QED) is 0.785. The van der Waals surface area contributed by atoms with Crippen LogP contribution in [-0.4, -0.2) is 17.7 Å². The van der Waals surface area contributed by atoms with Crippen LogP contribution in [0.2, 0.25) is 0 Å². The first kappa shape index (κ1) is 13.1. The number of benzene rings is 1. The van der Waals surface area contributed by atoms with E-state index in [1.807, 2.05) is 24.3 Å². The van der Waals surface area contributed by atoms with Gasteiger partial charge in [-0.1, -0.05) is 31.5 Å². The molecule has 0 spiro atoms. The highest BCUT2D eigenvalue weighted by atomic mass is 35.5. The van der Waals surface area contributed by atoms with Crippen LogP contribution >= 0.6 is 11.6 Å². The number of hydrogen-bond acceptors (Lipinski definition) is 2. The molecule has 0 fully saturated rings. The first-order valence-electron chi connectivity index (χ1n) is 6.23. The maximum Gasteiger partial charge on any atom is 0.229 e. The molecule has 1 aliphatic rings. The zero-order valence-electron chi connectivity index (χ0n) is 10.4. The van der Waals surface area contributed by atoms with Gasteiger partial charge in [-0.25, -0.2) is 0 Å². The van der Waals surface area contributed by atoms with E-state index in [1.54, 1.807) is 4.90 Å². The van der Waals surface area contributed by atoms with E-state index in [1.165, 1.54) is 0 Å². The minimum Gasteiger partial charge on any atom is -0.312 e. The fourth-order valence-corrected chi connectivity index (χ4v) is 2.52. The van der Waals surface area contributed by atoms with E-state index in [2.05, 4.69) is 6.92 Å². The molecule has 0 aromatic heterocycles. The highest BCUT2D eigenvalue weighted by molar-refractivity contribution is 6.65. The van der Waals surface area contributed by atoms with Crippen LogP contribution in [0.15, 0.2) is 24.3 Å². The summed E-state index contributed by atoms with van der Waals surface area (Å²) in [6, 6.07) is 7.52. The molecule has 1 heterocycles. The van der Waals surface area contributed by atoms with Gasteiger partial charge in [0.2, 0.25) is 11.1 Å². The van der Waals surface area contributed by atoms with Crippen LogP contribution < -0.4 is 4.90 Å². The van der Waals surface area contributed by atoms with Gasteiger partial charge in [0.25, 0.3) is 0 Å². The first-order valence-corrected chi connectivity index (χ1v) is 6.61. The lowest BCUT2D eigenvalue weighted by Crippen LogP contribution is -2.38. The molecule has 1 unspecified atom stereocenters. The number of hydrogen-bond donors (Lipinski definition) is 0. The van der Waals surface area contributed by atoms with Crippen molar-refractivity contribution < 1.29 is 9.59 Å². The third-order valence-electron chi connectivity index (χ3n) is 3.29. The molecule has 18 heavy (non-hydrogen) atoms. The minimum absolute atomic E-state index is 0.0128. The minimum atomic E-state index is -0.492. The number of rotatable bonds is 4. The van der Waals surface area contributed by atoms with Crippen molar-refractivity contribution in [3.63, 3.8) is 0 Å². The monoisotopic (exact) mass is 265 g/mol. The number of para-hydroxylation sites is 1. The summed E-state index contributed by atoms with van der Waals surface area (Å²) in [4.78, 5) is 25.3. The highest BCUT2D eigenvalue weighted by Crippen LogP contribution is 2.37. The number of carbonyl (C=O) groups is 2. The Labute approximate surface area is 112 Å². The Balaban J connectivity index is 2.38. The van der Waals surface area contributed by atoms with E-state index >= 15 is 0 Å². The van der Waals surface area contributed by atoms with Gasteiger partial charge in [-0.2, -0.15) is 0 Å². The molecule has 3 nitrogen and oxygen atoms in total. The van der Waals surface area contributed by atoms with Crippen molar-refractivity contribution in [1.29, 1.82) is 0 Å². The molecular weight excluding hydrogens is 250 g/mol. The van der Waals surface area contributed by atoms with E-state index in [9.17, 15) is 9.59 Å². The molecule has 1 amide bonds. The van der Waals surface area contributed by atoms with Crippen LogP contribution in [0.25, 0.3) is 0 Å². The standard InChI is InChI=1S/C14H16ClNO2/c1-2-3-8-16-12-7-5-4-6-10(12)11(14(15)18)9-13(16)17/h4-7,11H,2-3,8-9H2,1H3. The van der Waals surface area contributed by atoms with E-state index in [0.717, 1.165) is 24.1 Å². The average Bonchev–Trinajstić information content (AvgIpc) is 2.36. The van der Waals surface area contributed by atoms with E-state index in [4.69, 9.17) is 11.6 Å². The average molecular weight is 266 g/mol. The Morgan fingerprint density at radius 1 is 1.44 bits per heavy atom. The summed E-state index contributed by atoms with van der Waals surface area (Å²) in [5.41, 5.74) is 1.70. The van der Waals surface area contributed by atoms with Gasteiger partial charge in [0.05, 0.1) is 5.92 Å². The fraction of sp³-hybridized carbons (Fsp3) is 0.429. The first-order chi connectivity index (χ1) is 8.65. The summed E-state index contributed by atoms with van der Waals surface area (Å²) >= 11 is 5.59. The molecule has 1 aromatic rings. The third kappa shape index (κ3) is 2.41. The summed E-state index contributed by atoms with van der Waals surface area (Å²) < 4.78 is 0. The highest BCUT2D eigenvalue weighted by Gasteiger charge is 2.33.